The van der Waals surface area contributed by atoms with Crippen LogP contribution in [0.1, 0.15) is 53.2 Å². The Balaban J connectivity index is 1.24. The van der Waals surface area contributed by atoms with Gasteiger partial charge in [-0.2, -0.15) is 0 Å². The number of fused-ring (bicyclic) bond motifs is 1. The first-order valence-corrected chi connectivity index (χ1v) is 12.7. The van der Waals surface area contributed by atoms with Crippen LogP contribution >= 0.6 is 0 Å². The van der Waals surface area contributed by atoms with Crippen molar-refractivity contribution in [2.45, 2.75) is 38.5 Å². The number of aromatic nitrogens is 2. The number of hydrogen-bond donors (Lipinski definition) is 2. The van der Waals surface area contributed by atoms with Crippen LogP contribution < -0.4 is 14.8 Å². The molecule has 1 aliphatic rings. The van der Waals surface area contributed by atoms with Crippen LogP contribution in [0.25, 0.3) is 22.2 Å². The average molecular weight is 502 g/mol. The molecular formula is C30H32FN3O3. The van der Waals surface area contributed by atoms with E-state index in [0.717, 1.165) is 53.5 Å². The van der Waals surface area contributed by atoms with Gasteiger partial charge in [0, 0.05) is 35.5 Å². The fraction of sp³-hybridized carbons (Fsp3) is 0.333. The van der Waals surface area contributed by atoms with E-state index in [1.54, 1.807) is 32.4 Å². The number of benzene rings is 2. The van der Waals surface area contributed by atoms with Gasteiger partial charge in [-0.3, -0.25) is 9.78 Å². The van der Waals surface area contributed by atoms with Crippen molar-refractivity contribution in [2.75, 3.05) is 20.8 Å². The number of hydrogen-bond acceptors (Lipinski definition) is 4. The monoisotopic (exact) mass is 501 g/mol. The van der Waals surface area contributed by atoms with Gasteiger partial charge in [0.1, 0.15) is 17.3 Å². The normalized spacial score (nSPS) is 17.5. The van der Waals surface area contributed by atoms with Gasteiger partial charge in [0.05, 0.1) is 31.0 Å². The smallest absolute Gasteiger partial charge is 0.253 e. The second-order valence-corrected chi connectivity index (χ2v) is 9.83. The molecule has 6 nitrogen and oxygen atoms in total. The second kappa shape index (κ2) is 10.6. The minimum atomic E-state index is -0.232. The number of ether oxygens (including phenoxy) is 2. The van der Waals surface area contributed by atoms with E-state index >= 15 is 0 Å². The molecule has 4 aromatic rings. The summed E-state index contributed by atoms with van der Waals surface area (Å²) in [6, 6.07) is 14.3. The molecule has 0 aliphatic heterocycles. The van der Waals surface area contributed by atoms with Crippen molar-refractivity contribution in [1.82, 2.24) is 15.3 Å². The highest BCUT2D eigenvalue weighted by molar-refractivity contribution is 6.00. The number of pyridine rings is 1. The molecule has 2 heterocycles. The van der Waals surface area contributed by atoms with Gasteiger partial charge < -0.3 is 19.8 Å². The van der Waals surface area contributed by atoms with Crippen LogP contribution in [0.15, 0.2) is 54.7 Å². The second-order valence-electron chi connectivity index (χ2n) is 9.83. The number of aryl methyl sites for hydroxylation is 1. The van der Waals surface area contributed by atoms with Gasteiger partial charge in [0.25, 0.3) is 5.91 Å². The molecule has 2 aromatic heterocycles. The number of carbonyl (C=O) groups excluding carboxylic acids is 1. The van der Waals surface area contributed by atoms with E-state index in [0.29, 0.717) is 35.4 Å². The largest absolute Gasteiger partial charge is 0.497 e. The van der Waals surface area contributed by atoms with Gasteiger partial charge in [-0.15, -0.1) is 0 Å². The van der Waals surface area contributed by atoms with Crippen molar-refractivity contribution in [2.24, 2.45) is 5.92 Å². The lowest BCUT2D eigenvalue weighted by Gasteiger charge is -2.29. The maximum Gasteiger partial charge on any atom is 0.253 e. The van der Waals surface area contributed by atoms with Crippen molar-refractivity contribution in [3.05, 3.63) is 77.4 Å². The third-order valence-electron chi connectivity index (χ3n) is 7.41. The molecule has 2 aromatic carbocycles. The van der Waals surface area contributed by atoms with E-state index in [9.17, 15) is 9.18 Å². The summed E-state index contributed by atoms with van der Waals surface area (Å²) in [5, 5.41) is 4.07. The maximum absolute atomic E-state index is 13.9. The Hall–Kier alpha value is -3.87. The number of methoxy groups -OCH3 is 2. The molecular weight excluding hydrogens is 469 g/mol. The van der Waals surface area contributed by atoms with Crippen molar-refractivity contribution in [3.8, 4) is 22.8 Å². The maximum atomic E-state index is 13.9. The molecule has 0 unspecified atom stereocenters. The Bertz CT molecular complexity index is 1400. The van der Waals surface area contributed by atoms with Gasteiger partial charge in [-0.05, 0) is 92.5 Å². The number of nitrogens with one attached hydrogen (secondary N) is 2. The first-order valence-electron chi connectivity index (χ1n) is 12.7. The summed E-state index contributed by atoms with van der Waals surface area (Å²) in [6.45, 7) is 2.57. The lowest BCUT2D eigenvalue weighted by atomic mass is 9.78. The van der Waals surface area contributed by atoms with Gasteiger partial charge in [0.15, 0.2) is 0 Å². The summed E-state index contributed by atoms with van der Waals surface area (Å²) in [5.74, 6) is 1.78. The van der Waals surface area contributed by atoms with Gasteiger partial charge in [-0.1, -0.05) is 0 Å². The van der Waals surface area contributed by atoms with E-state index in [2.05, 4.69) is 15.3 Å². The highest BCUT2D eigenvalue weighted by Crippen LogP contribution is 2.38. The highest BCUT2D eigenvalue weighted by atomic mass is 19.1. The van der Waals surface area contributed by atoms with Crippen LogP contribution in [-0.4, -0.2) is 36.6 Å². The van der Waals surface area contributed by atoms with Crippen LogP contribution in [0.3, 0.4) is 0 Å². The molecule has 1 amide bonds. The van der Waals surface area contributed by atoms with E-state index < -0.39 is 0 Å². The Morgan fingerprint density at radius 1 is 1.03 bits per heavy atom. The molecule has 0 spiro atoms. The Labute approximate surface area is 216 Å². The molecule has 5 rings (SSSR count). The fourth-order valence-electron chi connectivity index (χ4n) is 5.45. The topological polar surface area (TPSA) is 76.2 Å². The van der Waals surface area contributed by atoms with Crippen molar-refractivity contribution >= 4 is 16.8 Å². The first-order chi connectivity index (χ1) is 17.9. The van der Waals surface area contributed by atoms with E-state index in [4.69, 9.17) is 9.47 Å². The summed E-state index contributed by atoms with van der Waals surface area (Å²) in [7, 11) is 3.21. The molecule has 1 aliphatic carbocycles. The number of halogens is 1. The van der Waals surface area contributed by atoms with Crippen molar-refractivity contribution in [1.29, 1.82) is 0 Å². The lowest BCUT2D eigenvalue weighted by Crippen LogP contribution is -2.31. The number of rotatable bonds is 7. The minimum absolute atomic E-state index is 0.0983. The van der Waals surface area contributed by atoms with Gasteiger partial charge in [-0.25, -0.2) is 4.39 Å². The standard InChI is InChI=1S/C30H32FN3O3/c1-18-12-27(29(34-18)21-13-23(36-2)16-24(14-21)37-3)30(35)33-17-19-4-6-20(7-5-19)25-10-11-32-28-9-8-22(31)15-26(25)28/h8-16,19-20,34H,4-7,17H2,1-3H3,(H,33,35). The summed E-state index contributed by atoms with van der Waals surface area (Å²) < 4.78 is 24.7. The third-order valence-corrected chi connectivity index (χ3v) is 7.41. The first kappa shape index (κ1) is 24.8. The average Bonchev–Trinajstić information content (AvgIpc) is 3.33. The number of nitrogens with zero attached hydrogens (tertiary/aromatic N) is 1. The summed E-state index contributed by atoms with van der Waals surface area (Å²) in [4.78, 5) is 20.9. The predicted molar refractivity (Wildman–Crippen MR) is 143 cm³/mol. The number of aromatic amines is 1. The Morgan fingerprint density at radius 3 is 2.46 bits per heavy atom. The fourth-order valence-corrected chi connectivity index (χ4v) is 5.45. The molecule has 0 radical (unpaired) electrons. The van der Waals surface area contributed by atoms with E-state index in [-0.39, 0.29) is 11.7 Å². The van der Waals surface area contributed by atoms with Crippen LogP contribution in [-0.2, 0) is 0 Å². The third kappa shape index (κ3) is 5.31. The van der Waals surface area contributed by atoms with Crippen molar-refractivity contribution in [3.63, 3.8) is 0 Å². The summed E-state index contributed by atoms with van der Waals surface area (Å²) in [5.41, 5.74) is 5.09. The zero-order valence-electron chi connectivity index (χ0n) is 21.4. The molecule has 192 valence electrons. The molecule has 0 bridgehead atoms. The van der Waals surface area contributed by atoms with Gasteiger partial charge >= 0.3 is 0 Å². The lowest BCUT2D eigenvalue weighted by molar-refractivity contribution is 0.0943. The minimum Gasteiger partial charge on any atom is -0.497 e. The van der Waals surface area contributed by atoms with E-state index in [1.165, 1.54) is 11.6 Å². The molecule has 37 heavy (non-hydrogen) atoms. The summed E-state index contributed by atoms with van der Waals surface area (Å²) in [6.07, 6.45) is 5.85. The number of amides is 1. The molecule has 1 fully saturated rings. The Kier molecular flexibility index (Phi) is 7.12. The number of H-pyrrole nitrogens is 1. The quantitative estimate of drug-likeness (QED) is 0.307. The molecule has 1 saturated carbocycles. The molecule has 2 N–H and O–H groups in total. The molecule has 0 atom stereocenters. The van der Waals surface area contributed by atoms with Crippen LogP contribution in [0.2, 0.25) is 0 Å². The SMILES string of the molecule is COc1cc(OC)cc(-c2[nH]c(C)cc2C(=O)NCC2CCC(c3ccnc4ccc(F)cc34)CC2)c1. The van der Waals surface area contributed by atoms with Crippen LogP contribution in [0, 0.1) is 18.7 Å². The summed E-state index contributed by atoms with van der Waals surface area (Å²) >= 11 is 0. The molecule has 0 saturated heterocycles. The van der Waals surface area contributed by atoms with Gasteiger partial charge in [0.2, 0.25) is 0 Å². The number of carbonyl (C=O) groups is 1. The highest BCUT2D eigenvalue weighted by Gasteiger charge is 2.25. The van der Waals surface area contributed by atoms with Crippen LogP contribution in [0.4, 0.5) is 4.39 Å². The zero-order valence-corrected chi connectivity index (χ0v) is 21.4. The van der Waals surface area contributed by atoms with Crippen LogP contribution in [0.5, 0.6) is 11.5 Å². The zero-order chi connectivity index (χ0) is 25.9. The molecule has 7 heteroatoms. The van der Waals surface area contributed by atoms with E-state index in [1.807, 2.05) is 37.4 Å². The Morgan fingerprint density at radius 2 is 1.76 bits per heavy atom. The van der Waals surface area contributed by atoms with Crippen molar-refractivity contribution < 1.29 is 18.7 Å². The predicted octanol–water partition coefficient (Wildman–Crippen LogP) is 6.40.